The number of nitrogens with zero attached hydrogens (tertiary/aromatic N) is 1. The fraction of sp³-hybridized carbons (Fsp3) is 0.125. The third-order valence-electron chi connectivity index (χ3n) is 4.65. The van der Waals surface area contributed by atoms with Gasteiger partial charge in [0.2, 0.25) is 0 Å². The van der Waals surface area contributed by atoms with Gasteiger partial charge in [-0.25, -0.2) is 4.99 Å². The first-order chi connectivity index (χ1) is 14.2. The average molecular weight is 387 g/mol. The molecule has 0 atom stereocenters. The van der Waals surface area contributed by atoms with Crippen molar-refractivity contribution < 1.29 is 18.6 Å². The molecule has 0 spiro atoms. The van der Waals surface area contributed by atoms with Crippen molar-refractivity contribution in [3.8, 4) is 28.6 Å². The van der Waals surface area contributed by atoms with Gasteiger partial charge in [0.15, 0.2) is 0 Å². The lowest BCUT2D eigenvalue weighted by atomic mass is 10.1. The Bertz CT molecular complexity index is 1210. The van der Waals surface area contributed by atoms with E-state index in [-0.39, 0.29) is 0 Å². The molecule has 0 unspecified atom stereocenters. The van der Waals surface area contributed by atoms with Crippen molar-refractivity contribution in [3.63, 3.8) is 0 Å². The minimum Gasteiger partial charge on any atom is -0.497 e. The van der Waals surface area contributed by atoms with Crippen molar-refractivity contribution in [1.82, 2.24) is 0 Å². The van der Waals surface area contributed by atoms with Crippen LogP contribution in [0.4, 0.5) is 5.69 Å². The highest BCUT2D eigenvalue weighted by Crippen LogP contribution is 2.32. The van der Waals surface area contributed by atoms with Crippen molar-refractivity contribution in [3.05, 3.63) is 78.2 Å². The number of ether oxygens (including phenoxy) is 3. The summed E-state index contributed by atoms with van der Waals surface area (Å²) < 4.78 is 22.2. The van der Waals surface area contributed by atoms with Crippen molar-refractivity contribution in [2.75, 3.05) is 21.3 Å². The lowest BCUT2D eigenvalue weighted by Crippen LogP contribution is -2.03. The summed E-state index contributed by atoms with van der Waals surface area (Å²) >= 11 is 0. The molecule has 0 aliphatic carbocycles. The van der Waals surface area contributed by atoms with Gasteiger partial charge in [-0.2, -0.15) is 0 Å². The molecule has 0 fully saturated rings. The third-order valence-corrected chi connectivity index (χ3v) is 4.65. The summed E-state index contributed by atoms with van der Waals surface area (Å²) in [5.74, 6) is 2.89. The number of methoxy groups -OCH3 is 3. The van der Waals surface area contributed by atoms with Crippen molar-refractivity contribution in [1.29, 1.82) is 0 Å². The van der Waals surface area contributed by atoms with E-state index < -0.39 is 0 Å². The molecule has 4 aromatic rings. The van der Waals surface area contributed by atoms with Gasteiger partial charge in [0, 0.05) is 23.1 Å². The van der Waals surface area contributed by atoms with Gasteiger partial charge in [-0.15, -0.1) is 0 Å². The van der Waals surface area contributed by atoms with Gasteiger partial charge >= 0.3 is 0 Å². The number of benzene rings is 3. The number of hydrogen-bond donors (Lipinski definition) is 0. The molecule has 29 heavy (non-hydrogen) atoms. The van der Waals surface area contributed by atoms with E-state index in [9.17, 15) is 0 Å². The minimum atomic E-state index is 0.668. The Hall–Kier alpha value is -3.73. The second kappa shape index (κ2) is 8.10. The number of para-hydroxylation sites is 1. The molecule has 5 heteroatoms. The topological polar surface area (TPSA) is 53.2 Å². The summed E-state index contributed by atoms with van der Waals surface area (Å²) in [4.78, 5) is 4.88. The van der Waals surface area contributed by atoms with E-state index >= 15 is 0 Å². The van der Waals surface area contributed by atoms with Crippen molar-refractivity contribution >= 4 is 16.7 Å². The molecule has 0 bridgehead atoms. The Morgan fingerprint density at radius 3 is 2.17 bits per heavy atom. The molecule has 0 aliphatic heterocycles. The third kappa shape index (κ3) is 3.80. The van der Waals surface area contributed by atoms with E-state index in [1.807, 2.05) is 72.8 Å². The van der Waals surface area contributed by atoms with E-state index in [1.54, 1.807) is 21.3 Å². The quantitative estimate of drug-likeness (QED) is 0.463. The fourth-order valence-electron chi connectivity index (χ4n) is 3.12. The van der Waals surface area contributed by atoms with Gasteiger partial charge in [0.1, 0.15) is 34.3 Å². The summed E-state index contributed by atoms with van der Waals surface area (Å²) in [5.41, 5.74) is 2.37. The van der Waals surface area contributed by atoms with Crippen LogP contribution in [-0.4, -0.2) is 21.3 Å². The Morgan fingerprint density at radius 1 is 0.724 bits per heavy atom. The highest BCUT2D eigenvalue weighted by atomic mass is 16.5. The zero-order valence-corrected chi connectivity index (χ0v) is 16.5. The minimum absolute atomic E-state index is 0.668. The van der Waals surface area contributed by atoms with E-state index in [4.69, 9.17) is 23.6 Å². The Morgan fingerprint density at radius 2 is 1.45 bits per heavy atom. The highest BCUT2D eigenvalue weighted by Gasteiger charge is 2.08. The monoisotopic (exact) mass is 387 g/mol. The summed E-state index contributed by atoms with van der Waals surface area (Å²) in [5, 5.41) is 1.69. The van der Waals surface area contributed by atoms with Crippen LogP contribution in [0, 0.1) is 0 Å². The van der Waals surface area contributed by atoms with Crippen LogP contribution in [0.25, 0.3) is 22.3 Å². The predicted molar refractivity (Wildman–Crippen MR) is 113 cm³/mol. The summed E-state index contributed by atoms with van der Waals surface area (Å²) in [6.07, 6.45) is 0. The Balaban J connectivity index is 1.95. The maximum absolute atomic E-state index is 6.14. The van der Waals surface area contributed by atoms with Crippen LogP contribution < -0.4 is 19.6 Å². The number of fused-ring (bicyclic) bond motifs is 1. The van der Waals surface area contributed by atoms with Crippen LogP contribution in [-0.2, 0) is 0 Å². The zero-order chi connectivity index (χ0) is 20.2. The first-order valence-corrected chi connectivity index (χ1v) is 9.16. The van der Waals surface area contributed by atoms with Crippen LogP contribution in [0.15, 0.2) is 82.2 Å². The van der Waals surface area contributed by atoms with Crippen molar-refractivity contribution in [2.45, 2.75) is 0 Å². The molecule has 1 aromatic heterocycles. The lowest BCUT2D eigenvalue weighted by Gasteiger charge is -2.08. The highest BCUT2D eigenvalue weighted by molar-refractivity contribution is 5.79. The molecule has 0 radical (unpaired) electrons. The first kappa shape index (κ1) is 18.6. The maximum atomic E-state index is 6.14. The predicted octanol–water partition coefficient (Wildman–Crippen LogP) is 5.36. The van der Waals surface area contributed by atoms with E-state index in [0.29, 0.717) is 22.9 Å². The smallest absolute Gasteiger partial charge is 0.144 e. The summed E-state index contributed by atoms with van der Waals surface area (Å²) in [6, 6.07) is 23.0. The van der Waals surface area contributed by atoms with Crippen LogP contribution >= 0.6 is 0 Å². The standard InChI is InChI=1S/C24H21NO4/c1-26-17-10-8-16(9-11-17)24-15-20(19-6-4-5-7-22(19)29-24)25-21-14-18(27-2)12-13-23(21)28-3/h4-15H,1-3H3. The molecule has 0 amide bonds. The Labute approximate surface area is 168 Å². The Kier molecular flexibility index (Phi) is 5.20. The van der Waals surface area contributed by atoms with E-state index in [1.165, 1.54) is 0 Å². The molecule has 5 nitrogen and oxygen atoms in total. The number of hydrogen-bond acceptors (Lipinski definition) is 5. The molecule has 0 saturated heterocycles. The molecular weight excluding hydrogens is 366 g/mol. The summed E-state index contributed by atoms with van der Waals surface area (Å²) in [6.45, 7) is 0. The van der Waals surface area contributed by atoms with Crippen LogP contribution in [0.5, 0.6) is 17.2 Å². The second-order valence-electron chi connectivity index (χ2n) is 6.37. The first-order valence-electron chi connectivity index (χ1n) is 9.16. The van der Waals surface area contributed by atoms with Crippen LogP contribution in [0.2, 0.25) is 0 Å². The molecule has 3 aromatic carbocycles. The SMILES string of the molecule is COc1ccc(-c2cc(=Nc3cc(OC)ccc3OC)c3ccccc3o2)cc1. The van der Waals surface area contributed by atoms with Crippen molar-refractivity contribution in [2.24, 2.45) is 4.99 Å². The van der Waals surface area contributed by atoms with E-state index in [0.717, 1.165) is 27.6 Å². The van der Waals surface area contributed by atoms with Crippen LogP contribution in [0.3, 0.4) is 0 Å². The van der Waals surface area contributed by atoms with Gasteiger partial charge in [0.25, 0.3) is 0 Å². The molecule has 0 N–H and O–H groups in total. The van der Waals surface area contributed by atoms with Gasteiger partial charge in [0.05, 0.1) is 26.7 Å². The van der Waals surface area contributed by atoms with Crippen LogP contribution in [0.1, 0.15) is 0 Å². The zero-order valence-electron chi connectivity index (χ0n) is 16.5. The molecule has 0 saturated carbocycles. The van der Waals surface area contributed by atoms with Gasteiger partial charge in [-0.05, 0) is 48.5 Å². The second-order valence-corrected chi connectivity index (χ2v) is 6.37. The molecule has 146 valence electrons. The van der Waals surface area contributed by atoms with Gasteiger partial charge in [-0.3, -0.25) is 0 Å². The summed E-state index contributed by atoms with van der Waals surface area (Å²) in [7, 11) is 4.90. The molecular formula is C24H21NO4. The lowest BCUT2D eigenvalue weighted by molar-refractivity contribution is 0.404. The normalized spacial score (nSPS) is 11.5. The molecule has 0 aliphatic rings. The fourth-order valence-corrected chi connectivity index (χ4v) is 3.12. The van der Waals surface area contributed by atoms with E-state index in [2.05, 4.69) is 0 Å². The average Bonchev–Trinajstić information content (AvgIpc) is 2.79. The van der Waals surface area contributed by atoms with Gasteiger partial charge in [-0.1, -0.05) is 12.1 Å². The maximum Gasteiger partial charge on any atom is 0.144 e. The van der Waals surface area contributed by atoms with Gasteiger partial charge < -0.3 is 18.6 Å². The molecule has 4 rings (SSSR count). The molecule has 1 heterocycles. The largest absolute Gasteiger partial charge is 0.497 e. The number of rotatable bonds is 5.